The molecule has 34 heavy (non-hydrogen) atoms. The molecule has 8 heteroatoms. The maximum absolute atomic E-state index is 12.7. The molecule has 0 saturated heterocycles. The van der Waals surface area contributed by atoms with Gasteiger partial charge in [-0.15, -0.1) is 0 Å². The van der Waals surface area contributed by atoms with Crippen molar-refractivity contribution in [2.75, 3.05) is 6.61 Å². The van der Waals surface area contributed by atoms with Crippen LogP contribution in [0.3, 0.4) is 0 Å². The number of hydrogen-bond donors (Lipinski definition) is 1. The van der Waals surface area contributed by atoms with Gasteiger partial charge in [0.05, 0.1) is 17.9 Å². The summed E-state index contributed by atoms with van der Waals surface area (Å²) in [4.78, 5) is 16.9. The zero-order chi connectivity index (χ0) is 24.1. The molecule has 2 aromatic carbocycles. The number of amides is 1. The van der Waals surface area contributed by atoms with Crippen LogP contribution in [0, 0.1) is 5.92 Å². The average molecular weight is 470 g/mol. The normalized spacial score (nSPS) is 18.1. The highest BCUT2D eigenvalue weighted by Gasteiger charge is 2.44. The topological polar surface area (TPSA) is 60.5 Å². The molecule has 3 atom stereocenters. The number of alkyl halides is 3. The van der Waals surface area contributed by atoms with Gasteiger partial charge in [-0.05, 0) is 54.7 Å². The molecule has 4 rings (SSSR count). The largest absolute Gasteiger partial charge is 0.489 e. The smallest absolute Gasteiger partial charge is 0.422 e. The van der Waals surface area contributed by atoms with Gasteiger partial charge in [-0.3, -0.25) is 9.78 Å². The summed E-state index contributed by atoms with van der Waals surface area (Å²) in [7, 11) is 0. The SMILES string of the molecule is C[C@H](NC(=O)C1CC1c1cccc(OCc2ccccc2)c1)c1ccc(OCC(F)(F)F)cn1. The van der Waals surface area contributed by atoms with Crippen molar-refractivity contribution in [3.05, 3.63) is 89.7 Å². The first-order chi connectivity index (χ1) is 16.3. The van der Waals surface area contributed by atoms with Gasteiger partial charge in [0.1, 0.15) is 18.1 Å². The molecule has 178 valence electrons. The molecule has 1 aliphatic rings. The lowest BCUT2D eigenvalue weighted by Gasteiger charge is -2.15. The second-order valence-corrected chi connectivity index (χ2v) is 8.35. The van der Waals surface area contributed by atoms with Gasteiger partial charge in [-0.2, -0.15) is 13.2 Å². The molecule has 0 spiro atoms. The first kappa shape index (κ1) is 23.6. The summed E-state index contributed by atoms with van der Waals surface area (Å²) in [5.41, 5.74) is 2.68. The predicted octanol–water partition coefficient (Wildman–Crippen LogP) is 5.58. The molecule has 1 aromatic heterocycles. The highest BCUT2D eigenvalue weighted by molar-refractivity contribution is 5.83. The van der Waals surface area contributed by atoms with E-state index in [1.54, 1.807) is 13.0 Å². The number of carbonyl (C=O) groups excluding carboxylic acids is 1. The van der Waals surface area contributed by atoms with E-state index in [2.05, 4.69) is 15.0 Å². The number of hydrogen-bond acceptors (Lipinski definition) is 4. The van der Waals surface area contributed by atoms with Gasteiger partial charge in [-0.25, -0.2) is 0 Å². The lowest BCUT2D eigenvalue weighted by Crippen LogP contribution is -2.29. The van der Waals surface area contributed by atoms with Crippen molar-refractivity contribution in [3.63, 3.8) is 0 Å². The van der Waals surface area contributed by atoms with Crippen molar-refractivity contribution in [2.24, 2.45) is 5.92 Å². The Bertz CT molecular complexity index is 1100. The van der Waals surface area contributed by atoms with Crippen molar-refractivity contribution in [2.45, 2.75) is 38.1 Å². The molecule has 1 aliphatic carbocycles. The zero-order valence-corrected chi connectivity index (χ0v) is 18.6. The van der Waals surface area contributed by atoms with Crippen LogP contribution in [0.4, 0.5) is 13.2 Å². The summed E-state index contributed by atoms with van der Waals surface area (Å²) in [6.45, 7) is 0.886. The number of ether oxygens (including phenoxy) is 2. The summed E-state index contributed by atoms with van der Waals surface area (Å²) in [6.07, 6.45) is -2.43. The molecule has 5 nitrogen and oxygen atoms in total. The predicted molar refractivity (Wildman–Crippen MR) is 120 cm³/mol. The Balaban J connectivity index is 1.28. The van der Waals surface area contributed by atoms with Crippen LogP contribution in [0.1, 0.15) is 42.1 Å². The van der Waals surface area contributed by atoms with Crippen LogP contribution >= 0.6 is 0 Å². The summed E-state index contributed by atoms with van der Waals surface area (Å²) in [5, 5.41) is 2.94. The van der Waals surface area contributed by atoms with Gasteiger partial charge in [0.25, 0.3) is 0 Å². The molecule has 0 radical (unpaired) electrons. The Kier molecular flexibility index (Phi) is 7.05. The van der Waals surface area contributed by atoms with E-state index in [9.17, 15) is 18.0 Å². The van der Waals surface area contributed by atoms with E-state index in [0.717, 1.165) is 23.3 Å². The van der Waals surface area contributed by atoms with E-state index < -0.39 is 12.8 Å². The number of carbonyl (C=O) groups is 1. The quantitative estimate of drug-likeness (QED) is 0.443. The molecule has 1 N–H and O–H groups in total. The number of nitrogens with one attached hydrogen (secondary N) is 1. The molecule has 1 saturated carbocycles. The molecule has 1 heterocycles. The Morgan fingerprint density at radius 3 is 2.56 bits per heavy atom. The van der Waals surface area contributed by atoms with Crippen molar-refractivity contribution >= 4 is 5.91 Å². The summed E-state index contributed by atoms with van der Waals surface area (Å²) in [6, 6.07) is 20.3. The fourth-order valence-corrected chi connectivity index (χ4v) is 3.72. The molecule has 2 unspecified atom stereocenters. The van der Waals surface area contributed by atoms with Crippen LogP contribution in [0.15, 0.2) is 72.9 Å². The Morgan fingerprint density at radius 2 is 1.85 bits per heavy atom. The minimum absolute atomic E-state index is 0.0243. The molecule has 1 amide bonds. The van der Waals surface area contributed by atoms with E-state index >= 15 is 0 Å². The molecular weight excluding hydrogens is 445 g/mol. The highest BCUT2D eigenvalue weighted by atomic mass is 19.4. The standard InChI is InChI=1S/C26H25F3N2O3/c1-17(24-11-10-21(14-30-24)34-16-26(27,28)29)31-25(32)23-13-22(23)19-8-5-9-20(12-19)33-15-18-6-3-2-4-7-18/h2-12,14,17,22-23H,13,15-16H2,1H3,(H,31,32)/t17-,22?,23?/m0/s1. The monoisotopic (exact) mass is 470 g/mol. The number of aromatic nitrogens is 1. The molecular formula is C26H25F3N2O3. The van der Waals surface area contributed by atoms with Crippen LogP contribution in [0.2, 0.25) is 0 Å². The first-order valence-electron chi connectivity index (χ1n) is 11.0. The Morgan fingerprint density at radius 1 is 1.06 bits per heavy atom. The van der Waals surface area contributed by atoms with Crippen molar-refractivity contribution in [1.29, 1.82) is 0 Å². The maximum Gasteiger partial charge on any atom is 0.422 e. The Hall–Kier alpha value is -3.55. The minimum atomic E-state index is -4.41. The van der Waals surface area contributed by atoms with Gasteiger partial charge in [0.15, 0.2) is 6.61 Å². The van der Waals surface area contributed by atoms with Crippen LogP contribution in [-0.4, -0.2) is 23.7 Å². The van der Waals surface area contributed by atoms with Crippen molar-refractivity contribution in [3.8, 4) is 11.5 Å². The van der Waals surface area contributed by atoms with E-state index in [0.29, 0.717) is 12.3 Å². The summed E-state index contributed by atoms with van der Waals surface area (Å²) < 4.78 is 47.3. The fourth-order valence-electron chi connectivity index (χ4n) is 3.72. The third-order valence-corrected chi connectivity index (χ3v) is 5.63. The second kappa shape index (κ2) is 10.2. The molecule has 1 fully saturated rings. The fraction of sp³-hybridized carbons (Fsp3) is 0.308. The van der Waals surface area contributed by atoms with E-state index in [1.807, 2.05) is 54.6 Å². The van der Waals surface area contributed by atoms with Crippen molar-refractivity contribution in [1.82, 2.24) is 10.3 Å². The molecule has 3 aromatic rings. The van der Waals surface area contributed by atoms with Gasteiger partial charge in [-0.1, -0.05) is 42.5 Å². The van der Waals surface area contributed by atoms with Gasteiger partial charge in [0.2, 0.25) is 5.91 Å². The number of pyridine rings is 1. The summed E-state index contributed by atoms with van der Waals surface area (Å²) >= 11 is 0. The number of halogens is 3. The Labute approximate surface area is 195 Å². The number of nitrogens with zero attached hydrogens (tertiary/aromatic N) is 1. The van der Waals surface area contributed by atoms with E-state index in [4.69, 9.17) is 4.74 Å². The molecule has 0 aliphatic heterocycles. The molecule has 0 bridgehead atoms. The van der Waals surface area contributed by atoms with Gasteiger partial charge in [0, 0.05) is 5.92 Å². The zero-order valence-electron chi connectivity index (χ0n) is 18.6. The van der Waals surface area contributed by atoms with Crippen LogP contribution in [0.25, 0.3) is 0 Å². The average Bonchev–Trinajstić information content (AvgIpc) is 3.63. The van der Waals surface area contributed by atoms with E-state index in [1.165, 1.54) is 12.3 Å². The lowest BCUT2D eigenvalue weighted by atomic mass is 10.1. The third kappa shape index (κ3) is 6.50. The summed E-state index contributed by atoms with van der Waals surface area (Å²) in [5.74, 6) is 0.695. The number of benzene rings is 2. The van der Waals surface area contributed by atoms with Crippen LogP contribution < -0.4 is 14.8 Å². The minimum Gasteiger partial charge on any atom is -0.489 e. The van der Waals surface area contributed by atoms with Gasteiger partial charge >= 0.3 is 6.18 Å². The first-order valence-corrected chi connectivity index (χ1v) is 11.0. The van der Waals surface area contributed by atoms with Gasteiger partial charge < -0.3 is 14.8 Å². The second-order valence-electron chi connectivity index (χ2n) is 8.35. The highest BCUT2D eigenvalue weighted by Crippen LogP contribution is 2.48. The van der Waals surface area contributed by atoms with E-state index in [-0.39, 0.29) is 29.5 Å². The van der Waals surface area contributed by atoms with Crippen LogP contribution in [0.5, 0.6) is 11.5 Å². The lowest BCUT2D eigenvalue weighted by molar-refractivity contribution is -0.153. The maximum atomic E-state index is 12.7. The van der Waals surface area contributed by atoms with Crippen LogP contribution in [-0.2, 0) is 11.4 Å². The number of rotatable bonds is 9. The third-order valence-electron chi connectivity index (χ3n) is 5.63. The van der Waals surface area contributed by atoms with Crippen molar-refractivity contribution < 1.29 is 27.4 Å².